The second kappa shape index (κ2) is 7.21. The minimum Gasteiger partial charge on any atom is -0.258 e. The Morgan fingerprint density at radius 1 is 1.25 bits per heavy atom. The number of nitrogens with one attached hydrogen (secondary N) is 1. The molecule has 2 rings (SSSR count). The predicted octanol–water partition coefficient (Wildman–Crippen LogP) is 2.37. The summed E-state index contributed by atoms with van der Waals surface area (Å²) in [5.74, 6) is 4.53. The Morgan fingerprint density at radius 3 is 2.62 bits per heavy atom. The molecule has 0 aliphatic carbocycles. The molecule has 0 unspecified atom stereocenters. The van der Waals surface area contributed by atoms with E-state index in [0.29, 0.717) is 5.56 Å². The quantitative estimate of drug-likeness (QED) is 0.522. The van der Waals surface area contributed by atoms with Gasteiger partial charge in [0, 0.05) is 12.1 Å². The Labute approximate surface area is 138 Å². The Hall–Kier alpha value is -2.76. The minimum absolute atomic E-state index is 0.156. The van der Waals surface area contributed by atoms with Gasteiger partial charge in [0.2, 0.25) is 10.0 Å². The van der Waals surface area contributed by atoms with Gasteiger partial charge in [0.1, 0.15) is 5.82 Å². The van der Waals surface area contributed by atoms with Gasteiger partial charge in [-0.05, 0) is 24.6 Å². The van der Waals surface area contributed by atoms with E-state index in [0.717, 1.165) is 6.07 Å². The van der Waals surface area contributed by atoms with Crippen LogP contribution in [0.15, 0.2) is 47.4 Å². The van der Waals surface area contributed by atoms with Gasteiger partial charge in [0.15, 0.2) is 0 Å². The largest absolute Gasteiger partial charge is 0.270 e. The smallest absolute Gasteiger partial charge is 0.258 e. The molecular weight excluding hydrogens is 335 g/mol. The fourth-order valence-electron chi connectivity index (χ4n) is 1.90. The molecule has 2 aromatic rings. The molecular formula is C16H13FN2O4S. The number of hydrogen-bond donors (Lipinski definition) is 1. The molecule has 0 aromatic heterocycles. The van der Waals surface area contributed by atoms with Crippen LogP contribution < -0.4 is 4.72 Å². The van der Waals surface area contributed by atoms with Crippen LogP contribution in [0.25, 0.3) is 0 Å². The van der Waals surface area contributed by atoms with Gasteiger partial charge in [-0.25, -0.2) is 12.8 Å². The van der Waals surface area contributed by atoms with E-state index in [1.54, 1.807) is 6.07 Å². The molecule has 0 bridgehead atoms. The molecule has 6 nitrogen and oxygen atoms in total. The van der Waals surface area contributed by atoms with Crippen molar-refractivity contribution in [3.8, 4) is 11.8 Å². The average molecular weight is 348 g/mol. The van der Waals surface area contributed by atoms with Crippen LogP contribution in [0.3, 0.4) is 0 Å². The molecule has 0 saturated heterocycles. The summed E-state index contributed by atoms with van der Waals surface area (Å²) in [7, 11) is -3.96. The zero-order valence-corrected chi connectivity index (χ0v) is 13.4. The molecule has 0 spiro atoms. The lowest BCUT2D eigenvalue weighted by Gasteiger charge is -2.07. The molecule has 2 aromatic carbocycles. The zero-order valence-electron chi connectivity index (χ0n) is 12.6. The first kappa shape index (κ1) is 17.6. The summed E-state index contributed by atoms with van der Waals surface area (Å²) < 4.78 is 40.1. The van der Waals surface area contributed by atoms with Crippen molar-refractivity contribution in [2.24, 2.45) is 0 Å². The van der Waals surface area contributed by atoms with E-state index in [1.165, 1.54) is 37.3 Å². The van der Waals surface area contributed by atoms with E-state index >= 15 is 0 Å². The van der Waals surface area contributed by atoms with Crippen LogP contribution >= 0.6 is 0 Å². The third kappa shape index (κ3) is 4.16. The van der Waals surface area contributed by atoms with Crippen molar-refractivity contribution in [3.63, 3.8) is 0 Å². The number of non-ortho nitro benzene ring substituents is 1. The number of nitro groups is 1. The predicted molar refractivity (Wildman–Crippen MR) is 86.3 cm³/mol. The summed E-state index contributed by atoms with van der Waals surface area (Å²) in [6, 6.07) is 9.44. The van der Waals surface area contributed by atoms with Crippen LogP contribution in [-0.2, 0) is 10.0 Å². The van der Waals surface area contributed by atoms with Gasteiger partial charge in [0.25, 0.3) is 5.69 Å². The van der Waals surface area contributed by atoms with Gasteiger partial charge in [-0.3, -0.25) is 10.1 Å². The Balaban J connectivity index is 2.17. The lowest BCUT2D eigenvalue weighted by Crippen LogP contribution is -2.24. The third-order valence-corrected chi connectivity index (χ3v) is 4.66. The summed E-state index contributed by atoms with van der Waals surface area (Å²) in [5, 5.41) is 10.8. The van der Waals surface area contributed by atoms with Crippen LogP contribution in [0.5, 0.6) is 0 Å². The molecule has 0 aliphatic rings. The van der Waals surface area contributed by atoms with E-state index in [4.69, 9.17) is 0 Å². The molecule has 0 atom stereocenters. The zero-order chi connectivity index (χ0) is 17.7. The van der Waals surface area contributed by atoms with Crippen molar-refractivity contribution in [1.82, 2.24) is 4.72 Å². The molecule has 0 aliphatic heterocycles. The lowest BCUT2D eigenvalue weighted by atomic mass is 10.2. The maximum absolute atomic E-state index is 13.4. The highest BCUT2D eigenvalue weighted by atomic mass is 32.2. The van der Waals surface area contributed by atoms with Crippen molar-refractivity contribution < 1.29 is 17.7 Å². The monoisotopic (exact) mass is 348 g/mol. The number of aryl methyl sites for hydroxylation is 1. The van der Waals surface area contributed by atoms with E-state index in [2.05, 4.69) is 16.6 Å². The number of nitrogens with zero attached hydrogens (tertiary/aromatic N) is 1. The first-order valence-corrected chi connectivity index (χ1v) is 8.27. The maximum Gasteiger partial charge on any atom is 0.270 e. The second-order valence-corrected chi connectivity index (χ2v) is 6.55. The summed E-state index contributed by atoms with van der Waals surface area (Å²) in [6.45, 7) is 1.28. The standard InChI is InChI=1S/C16H13FN2O4S/c1-12-8-9-14(19(20)21)11-16(12)24(22,23)18-10-4-6-13-5-2-3-7-15(13)17/h2-3,5,7-9,11,18H,10H2,1H3. The highest BCUT2D eigenvalue weighted by Crippen LogP contribution is 2.21. The van der Waals surface area contributed by atoms with Crippen LogP contribution in [0.4, 0.5) is 10.1 Å². The van der Waals surface area contributed by atoms with E-state index in [-0.39, 0.29) is 22.7 Å². The summed E-state index contributed by atoms with van der Waals surface area (Å²) in [6.07, 6.45) is 0. The summed E-state index contributed by atoms with van der Waals surface area (Å²) in [4.78, 5) is 9.91. The summed E-state index contributed by atoms with van der Waals surface area (Å²) >= 11 is 0. The topological polar surface area (TPSA) is 89.3 Å². The Bertz CT molecular complexity index is 946. The average Bonchev–Trinajstić information content (AvgIpc) is 2.53. The molecule has 124 valence electrons. The summed E-state index contributed by atoms with van der Waals surface area (Å²) in [5.41, 5.74) is 0.205. The Morgan fingerprint density at radius 2 is 1.96 bits per heavy atom. The van der Waals surface area contributed by atoms with Gasteiger partial charge in [-0.15, -0.1) is 0 Å². The maximum atomic E-state index is 13.4. The number of benzene rings is 2. The van der Waals surface area contributed by atoms with Crippen molar-refractivity contribution in [2.75, 3.05) is 6.54 Å². The van der Waals surface area contributed by atoms with Crippen molar-refractivity contribution >= 4 is 15.7 Å². The number of nitro benzene ring substituents is 1. The van der Waals surface area contributed by atoms with Gasteiger partial charge in [-0.1, -0.05) is 30.0 Å². The van der Waals surface area contributed by atoms with E-state index in [1.807, 2.05) is 0 Å². The molecule has 0 fully saturated rings. The van der Waals surface area contributed by atoms with Crippen LogP contribution in [0, 0.1) is 34.7 Å². The third-order valence-electron chi connectivity index (χ3n) is 3.12. The minimum atomic E-state index is -3.96. The Kier molecular flexibility index (Phi) is 5.28. The van der Waals surface area contributed by atoms with Gasteiger partial charge in [-0.2, -0.15) is 4.72 Å². The number of rotatable bonds is 4. The highest BCUT2D eigenvalue weighted by Gasteiger charge is 2.19. The fraction of sp³-hybridized carbons (Fsp3) is 0.125. The molecule has 0 amide bonds. The van der Waals surface area contributed by atoms with Gasteiger partial charge in [0.05, 0.1) is 21.9 Å². The molecule has 0 heterocycles. The molecule has 1 N–H and O–H groups in total. The van der Waals surface area contributed by atoms with Crippen molar-refractivity contribution in [2.45, 2.75) is 11.8 Å². The normalized spacial score (nSPS) is 10.8. The lowest BCUT2D eigenvalue weighted by molar-refractivity contribution is -0.385. The van der Waals surface area contributed by atoms with Crippen LogP contribution in [0.2, 0.25) is 0 Å². The number of hydrogen-bond acceptors (Lipinski definition) is 4. The second-order valence-electron chi connectivity index (χ2n) is 4.81. The highest BCUT2D eigenvalue weighted by molar-refractivity contribution is 7.89. The van der Waals surface area contributed by atoms with Crippen LogP contribution in [-0.4, -0.2) is 19.9 Å². The first-order chi connectivity index (χ1) is 11.3. The number of sulfonamides is 1. The van der Waals surface area contributed by atoms with Gasteiger partial charge < -0.3 is 0 Å². The molecule has 24 heavy (non-hydrogen) atoms. The van der Waals surface area contributed by atoms with Crippen molar-refractivity contribution in [3.05, 3.63) is 69.5 Å². The van der Waals surface area contributed by atoms with E-state index in [9.17, 15) is 22.9 Å². The fourth-order valence-corrected chi connectivity index (χ4v) is 3.09. The SMILES string of the molecule is Cc1ccc([N+](=O)[O-])cc1S(=O)(=O)NCC#Cc1ccccc1F. The van der Waals surface area contributed by atoms with Crippen LogP contribution in [0.1, 0.15) is 11.1 Å². The molecule has 0 saturated carbocycles. The van der Waals surface area contributed by atoms with Gasteiger partial charge >= 0.3 is 0 Å². The number of halogens is 1. The molecule has 8 heteroatoms. The molecule has 0 radical (unpaired) electrons. The van der Waals surface area contributed by atoms with Crippen molar-refractivity contribution in [1.29, 1.82) is 0 Å². The van der Waals surface area contributed by atoms with E-state index < -0.39 is 20.8 Å². The first-order valence-electron chi connectivity index (χ1n) is 6.79.